The Kier molecular flexibility index (Phi) is 8.02. The maximum absolute atomic E-state index is 12.1. The number of rotatable bonds is 7. The van der Waals surface area contributed by atoms with Crippen LogP contribution < -0.4 is 4.74 Å². The summed E-state index contributed by atoms with van der Waals surface area (Å²) in [6.45, 7) is 3.88. The van der Waals surface area contributed by atoms with E-state index in [2.05, 4.69) is 21.7 Å². The lowest BCUT2D eigenvalue weighted by Crippen LogP contribution is -2.44. The zero-order chi connectivity index (χ0) is 24.8. The molecule has 4 rings (SSSR count). The highest BCUT2D eigenvalue weighted by Crippen LogP contribution is 2.33. The van der Waals surface area contributed by atoms with Crippen LogP contribution >= 0.6 is 0 Å². The molecule has 0 saturated carbocycles. The number of ether oxygens (including phenoxy) is 1. The molecule has 1 aromatic heterocycles. The van der Waals surface area contributed by atoms with Crippen LogP contribution in [0.5, 0.6) is 5.75 Å². The second-order valence-electron chi connectivity index (χ2n) is 9.22. The number of carbonyl (C=O) groups is 1. The standard InChI is InChI=1S/C29H32N2O4/c1-20-6-3-4-7-21(20)8-5-16-31-17-14-22(26(19-31)29(33)34)9-12-28(32)24-13-15-30-27-11-10-23(35-2)18-25(24)27/h3-4,6-7,10-11,13,15,18,22,26,28,32H,9,12,14,16-17,19H2,1-2H3,(H,33,34)/t22-,26+,28?/m1/s1. The van der Waals surface area contributed by atoms with Crippen LogP contribution in [0.15, 0.2) is 54.7 Å². The van der Waals surface area contributed by atoms with Gasteiger partial charge in [-0.15, -0.1) is 0 Å². The first kappa shape index (κ1) is 24.7. The number of carboxylic acid groups (broad SMARTS) is 1. The number of likely N-dealkylation sites (tertiary alicyclic amines) is 1. The van der Waals surface area contributed by atoms with Crippen LogP contribution in [0.1, 0.15) is 42.1 Å². The number of aliphatic carboxylic acids is 1. The highest BCUT2D eigenvalue weighted by atomic mass is 16.5. The van der Waals surface area contributed by atoms with Crippen LogP contribution in [0.2, 0.25) is 0 Å². The molecule has 0 aliphatic carbocycles. The molecule has 0 amide bonds. The smallest absolute Gasteiger partial charge is 0.308 e. The number of methoxy groups -OCH3 is 1. The number of hydrogen-bond donors (Lipinski definition) is 2. The van der Waals surface area contributed by atoms with E-state index in [0.717, 1.165) is 40.6 Å². The van der Waals surface area contributed by atoms with Gasteiger partial charge in [0, 0.05) is 23.7 Å². The molecule has 2 heterocycles. The molecule has 6 heteroatoms. The summed E-state index contributed by atoms with van der Waals surface area (Å²) in [6, 6.07) is 15.5. The molecule has 1 fully saturated rings. The molecule has 0 spiro atoms. The number of benzene rings is 2. The summed E-state index contributed by atoms with van der Waals surface area (Å²) in [5.41, 5.74) is 3.74. The molecule has 1 saturated heterocycles. The van der Waals surface area contributed by atoms with Gasteiger partial charge >= 0.3 is 5.97 Å². The molecule has 182 valence electrons. The van der Waals surface area contributed by atoms with Gasteiger partial charge in [-0.05, 0) is 80.1 Å². The van der Waals surface area contributed by atoms with Crippen molar-refractivity contribution in [3.8, 4) is 17.6 Å². The minimum Gasteiger partial charge on any atom is -0.497 e. The molecule has 3 aromatic rings. The Morgan fingerprint density at radius 1 is 1.26 bits per heavy atom. The summed E-state index contributed by atoms with van der Waals surface area (Å²) < 4.78 is 5.33. The van der Waals surface area contributed by atoms with Gasteiger partial charge in [-0.25, -0.2) is 0 Å². The number of carboxylic acids is 1. The summed E-state index contributed by atoms with van der Waals surface area (Å²) in [7, 11) is 1.61. The number of piperidine rings is 1. The predicted octanol–water partition coefficient (Wildman–Crippen LogP) is 4.44. The van der Waals surface area contributed by atoms with Crippen LogP contribution in [0, 0.1) is 30.6 Å². The lowest BCUT2D eigenvalue weighted by molar-refractivity contribution is -0.146. The fourth-order valence-electron chi connectivity index (χ4n) is 4.89. The molecule has 6 nitrogen and oxygen atoms in total. The molecule has 2 aromatic carbocycles. The van der Waals surface area contributed by atoms with Gasteiger partial charge in [0.1, 0.15) is 5.75 Å². The maximum Gasteiger partial charge on any atom is 0.308 e. The number of aryl methyl sites for hydroxylation is 1. The number of pyridine rings is 1. The first-order valence-electron chi connectivity index (χ1n) is 12.1. The molecule has 1 unspecified atom stereocenters. The average Bonchev–Trinajstić information content (AvgIpc) is 2.88. The number of nitrogens with zero attached hydrogens (tertiary/aromatic N) is 2. The topological polar surface area (TPSA) is 82.9 Å². The van der Waals surface area contributed by atoms with Gasteiger partial charge in [0.2, 0.25) is 0 Å². The van der Waals surface area contributed by atoms with Crippen molar-refractivity contribution in [1.29, 1.82) is 0 Å². The van der Waals surface area contributed by atoms with E-state index in [4.69, 9.17) is 4.74 Å². The fraction of sp³-hybridized carbons (Fsp3) is 0.379. The van der Waals surface area contributed by atoms with Gasteiger partial charge in [0.25, 0.3) is 0 Å². The van der Waals surface area contributed by atoms with Crippen molar-refractivity contribution in [3.05, 3.63) is 71.4 Å². The van der Waals surface area contributed by atoms with Crippen LogP contribution in [0.3, 0.4) is 0 Å². The predicted molar refractivity (Wildman–Crippen MR) is 136 cm³/mol. The van der Waals surface area contributed by atoms with Crippen LogP contribution in [-0.4, -0.2) is 52.8 Å². The number of aliphatic hydroxyl groups is 1. The van der Waals surface area contributed by atoms with E-state index >= 15 is 0 Å². The highest BCUT2D eigenvalue weighted by molar-refractivity contribution is 5.83. The molecule has 0 radical (unpaired) electrons. The zero-order valence-electron chi connectivity index (χ0n) is 20.3. The van der Waals surface area contributed by atoms with E-state index in [1.807, 2.05) is 55.5 Å². The SMILES string of the molecule is COc1ccc2nccc(C(O)CC[C@@H]3CCN(CC#Cc4ccccc4C)C[C@@H]3C(=O)O)c2c1. The largest absolute Gasteiger partial charge is 0.497 e. The molecule has 1 aliphatic rings. The first-order chi connectivity index (χ1) is 17.0. The molecule has 0 bridgehead atoms. The average molecular weight is 473 g/mol. The zero-order valence-corrected chi connectivity index (χ0v) is 20.3. The Morgan fingerprint density at radius 2 is 2.09 bits per heavy atom. The normalized spacial score (nSPS) is 19.1. The van der Waals surface area contributed by atoms with Crippen molar-refractivity contribution < 1.29 is 19.7 Å². The third-order valence-electron chi connectivity index (χ3n) is 6.98. The van der Waals surface area contributed by atoms with Gasteiger partial charge in [-0.3, -0.25) is 14.7 Å². The number of fused-ring (bicyclic) bond motifs is 1. The number of aliphatic hydroxyl groups excluding tert-OH is 1. The lowest BCUT2D eigenvalue weighted by atomic mass is 9.81. The quantitative estimate of drug-likeness (QED) is 0.495. The summed E-state index contributed by atoms with van der Waals surface area (Å²) in [6.07, 6.45) is 2.93. The van der Waals surface area contributed by atoms with Gasteiger partial charge < -0.3 is 14.9 Å². The Bertz CT molecular complexity index is 1250. The van der Waals surface area contributed by atoms with Crippen LogP contribution in [0.25, 0.3) is 10.9 Å². The summed E-state index contributed by atoms with van der Waals surface area (Å²) in [5, 5.41) is 21.7. The van der Waals surface area contributed by atoms with Gasteiger partial charge in [0.15, 0.2) is 0 Å². The van der Waals surface area contributed by atoms with Gasteiger partial charge in [0.05, 0.1) is 31.2 Å². The van der Waals surface area contributed by atoms with Crippen molar-refractivity contribution in [2.45, 2.75) is 32.3 Å². The van der Waals surface area contributed by atoms with Crippen LogP contribution in [0.4, 0.5) is 0 Å². The van der Waals surface area contributed by atoms with E-state index in [9.17, 15) is 15.0 Å². The summed E-state index contributed by atoms with van der Waals surface area (Å²) in [4.78, 5) is 18.6. The molecular formula is C29H32N2O4. The molecule has 35 heavy (non-hydrogen) atoms. The van der Waals surface area contributed by atoms with E-state index < -0.39 is 18.0 Å². The molecule has 3 atom stereocenters. The van der Waals surface area contributed by atoms with E-state index in [1.54, 1.807) is 13.3 Å². The summed E-state index contributed by atoms with van der Waals surface area (Å²) in [5.74, 6) is 5.91. The second-order valence-corrected chi connectivity index (χ2v) is 9.22. The van der Waals surface area contributed by atoms with Crippen molar-refractivity contribution in [3.63, 3.8) is 0 Å². The number of hydrogen-bond acceptors (Lipinski definition) is 5. The Labute approximate surface area is 206 Å². The van der Waals surface area contributed by atoms with Gasteiger partial charge in [-0.1, -0.05) is 30.0 Å². The fourth-order valence-corrected chi connectivity index (χ4v) is 4.89. The molecule has 1 aliphatic heterocycles. The van der Waals surface area contributed by atoms with Crippen molar-refractivity contribution >= 4 is 16.9 Å². The van der Waals surface area contributed by atoms with Crippen LogP contribution in [-0.2, 0) is 4.79 Å². The Morgan fingerprint density at radius 3 is 2.86 bits per heavy atom. The van der Waals surface area contributed by atoms with E-state index in [-0.39, 0.29) is 5.92 Å². The monoisotopic (exact) mass is 472 g/mol. The minimum atomic E-state index is -0.778. The first-order valence-corrected chi connectivity index (χ1v) is 12.1. The van der Waals surface area contributed by atoms with E-state index in [0.29, 0.717) is 31.7 Å². The lowest BCUT2D eigenvalue weighted by Gasteiger charge is -2.36. The Hall–Kier alpha value is -3.40. The molecular weight excluding hydrogens is 440 g/mol. The van der Waals surface area contributed by atoms with Gasteiger partial charge in [-0.2, -0.15) is 0 Å². The van der Waals surface area contributed by atoms with E-state index in [1.165, 1.54) is 0 Å². The van der Waals surface area contributed by atoms with Crippen molar-refractivity contribution in [2.24, 2.45) is 11.8 Å². The third kappa shape index (κ3) is 6.00. The van der Waals surface area contributed by atoms with Crippen molar-refractivity contribution in [2.75, 3.05) is 26.7 Å². The summed E-state index contributed by atoms with van der Waals surface area (Å²) >= 11 is 0. The third-order valence-corrected chi connectivity index (χ3v) is 6.98. The highest BCUT2D eigenvalue weighted by Gasteiger charge is 2.34. The minimum absolute atomic E-state index is 0.0189. The number of aromatic nitrogens is 1. The second kappa shape index (κ2) is 11.4. The Balaban J connectivity index is 1.38. The van der Waals surface area contributed by atoms with Crippen molar-refractivity contribution in [1.82, 2.24) is 9.88 Å². The maximum atomic E-state index is 12.1. The molecule has 2 N–H and O–H groups in total.